The lowest BCUT2D eigenvalue weighted by Gasteiger charge is -2.23. The van der Waals surface area contributed by atoms with E-state index in [2.05, 4.69) is 0 Å². The minimum Gasteiger partial charge on any atom is -0.391 e. The summed E-state index contributed by atoms with van der Waals surface area (Å²) in [7, 11) is 0. The van der Waals surface area contributed by atoms with Crippen molar-refractivity contribution in [2.75, 3.05) is 24.6 Å². The summed E-state index contributed by atoms with van der Waals surface area (Å²) < 4.78 is 0. The Hall–Kier alpha value is -0.220. The molecular weight excluding hydrogens is 210 g/mol. The van der Waals surface area contributed by atoms with E-state index in [1.54, 1.807) is 0 Å². The molecule has 3 nitrogen and oxygen atoms in total. The summed E-state index contributed by atoms with van der Waals surface area (Å²) in [5.41, 5.74) is 0. The number of carbonyl (C=O) groups is 1. The van der Waals surface area contributed by atoms with E-state index in [1.807, 2.05) is 16.7 Å². The van der Waals surface area contributed by atoms with Crippen LogP contribution in [0.2, 0.25) is 0 Å². The number of carbonyl (C=O) groups excluding carboxylic acids is 1. The van der Waals surface area contributed by atoms with Gasteiger partial charge < -0.3 is 10.0 Å². The van der Waals surface area contributed by atoms with E-state index in [4.69, 9.17) is 0 Å². The maximum absolute atomic E-state index is 11.9. The third-order valence-corrected chi connectivity index (χ3v) is 4.37. The standard InChI is InChI=1S/C11H19NO2S/c13-10-1-4-12(8-10)11(14)7-9-2-5-15-6-3-9/h9-10,13H,1-8H2/t10-/m0/s1. The Morgan fingerprint density at radius 2 is 2.07 bits per heavy atom. The molecule has 0 bridgehead atoms. The van der Waals surface area contributed by atoms with Gasteiger partial charge in [-0.2, -0.15) is 11.8 Å². The van der Waals surface area contributed by atoms with Gasteiger partial charge in [0, 0.05) is 19.5 Å². The summed E-state index contributed by atoms with van der Waals surface area (Å²) in [5.74, 6) is 3.26. The van der Waals surface area contributed by atoms with Crippen LogP contribution in [0.15, 0.2) is 0 Å². The van der Waals surface area contributed by atoms with Crippen molar-refractivity contribution in [3.63, 3.8) is 0 Å². The Morgan fingerprint density at radius 3 is 2.67 bits per heavy atom. The Labute approximate surface area is 95.2 Å². The molecule has 0 aromatic rings. The second-order valence-electron chi connectivity index (χ2n) is 4.54. The van der Waals surface area contributed by atoms with Gasteiger partial charge in [-0.3, -0.25) is 4.79 Å². The zero-order valence-corrected chi connectivity index (χ0v) is 9.84. The molecule has 0 unspecified atom stereocenters. The van der Waals surface area contributed by atoms with E-state index in [-0.39, 0.29) is 12.0 Å². The lowest BCUT2D eigenvalue weighted by molar-refractivity contribution is -0.131. The van der Waals surface area contributed by atoms with Gasteiger partial charge in [-0.05, 0) is 36.7 Å². The molecular formula is C11H19NO2S. The fraction of sp³-hybridized carbons (Fsp3) is 0.909. The number of rotatable bonds is 2. The fourth-order valence-corrected chi connectivity index (χ4v) is 3.50. The predicted octanol–water partition coefficient (Wildman–Crippen LogP) is 1.11. The molecule has 0 aromatic carbocycles. The van der Waals surface area contributed by atoms with Crippen molar-refractivity contribution < 1.29 is 9.90 Å². The first kappa shape index (κ1) is 11.3. The van der Waals surface area contributed by atoms with Gasteiger partial charge in [0.1, 0.15) is 0 Å². The lowest BCUT2D eigenvalue weighted by Crippen LogP contribution is -2.31. The molecule has 4 heteroatoms. The van der Waals surface area contributed by atoms with E-state index in [9.17, 15) is 9.90 Å². The molecule has 1 atom stereocenters. The molecule has 1 amide bonds. The van der Waals surface area contributed by atoms with Crippen molar-refractivity contribution in [1.82, 2.24) is 4.90 Å². The van der Waals surface area contributed by atoms with Crippen molar-refractivity contribution in [3.05, 3.63) is 0 Å². The van der Waals surface area contributed by atoms with Crippen LogP contribution in [-0.4, -0.2) is 46.6 Å². The van der Waals surface area contributed by atoms with Crippen LogP contribution in [0.3, 0.4) is 0 Å². The summed E-state index contributed by atoms with van der Waals surface area (Å²) in [6.45, 7) is 1.31. The molecule has 2 aliphatic heterocycles. The first-order chi connectivity index (χ1) is 7.25. The van der Waals surface area contributed by atoms with E-state index in [0.29, 0.717) is 18.9 Å². The smallest absolute Gasteiger partial charge is 0.222 e. The van der Waals surface area contributed by atoms with Crippen LogP contribution in [0, 0.1) is 5.92 Å². The van der Waals surface area contributed by atoms with Crippen molar-refractivity contribution >= 4 is 17.7 Å². The summed E-state index contributed by atoms with van der Waals surface area (Å²) in [6.07, 6.45) is 3.55. The van der Waals surface area contributed by atoms with Crippen LogP contribution in [0.25, 0.3) is 0 Å². The fourth-order valence-electron chi connectivity index (χ4n) is 2.29. The van der Waals surface area contributed by atoms with Gasteiger partial charge in [0.05, 0.1) is 6.10 Å². The summed E-state index contributed by atoms with van der Waals surface area (Å²) in [5, 5.41) is 9.36. The monoisotopic (exact) mass is 229 g/mol. The SMILES string of the molecule is O=C(CC1CCSCC1)N1CC[C@H](O)C1. The van der Waals surface area contributed by atoms with Crippen LogP contribution in [0.4, 0.5) is 0 Å². The highest BCUT2D eigenvalue weighted by atomic mass is 32.2. The zero-order chi connectivity index (χ0) is 10.7. The maximum atomic E-state index is 11.9. The molecule has 0 spiro atoms. The molecule has 2 rings (SSSR count). The molecule has 86 valence electrons. The number of hydrogen-bond acceptors (Lipinski definition) is 3. The normalized spacial score (nSPS) is 28.3. The Morgan fingerprint density at radius 1 is 1.33 bits per heavy atom. The van der Waals surface area contributed by atoms with Crippen molar-refractivity contribution in [2.24, 2.45) is 5.92 Å². The molecule has 0 aromatic heterocycles. The second-order valence-corrected chi connectivity index (χ2v) is 5.77. The van der Waals surface area contributed by atoms with Gasteiger partial charge >= 0.3 is 0 Å². The first-order valence-electron chi connectivity index (χ1n) is 5.79. The van der Waals surface area contributed by atoms with E-state index in [1.165, 1.54) is 24.3 Å². The van der Waals surface area contributed by atoms with Crippen molar-refractivity contribution in [3.8, 4) is 0 Å². The summed E-state index contributed by atoms with van der Waals surface area (Å²) in [6, 6.07) is 0. The summed E-state index contributed by atoms with van der Waals surface area (Å²) >= 11 is 1.99. The van der Waals surface area contributed by atoms with Crippen LogP contribution in [0.5, 0.6) is 0 Å². The summed E-state index contributed by atoms with van der Waals surface area (Å²) in [4.78, 5) is 13.7. The highest BCUT2D eigenvalue weighted by Crippen LogP contribution is 2.26. The highest BCUT2D eigenvalue weighted by Gasteiger charge is 2.26. The first-order valence-corrected chi connectivity index (χ1v) is 6.95. The second kappa shape index (κ2) is 5.21. The van der Waals surface area contributed by atoms with Crippen LogP contribution < -0.4 is 0 Å². The molecule has 2 fully saturated rings. The number of nitrogens with zero attached hydrogens (tertiary/aromatic N) is 1. The topological polar surface area (TPSA) is 40.5 Å². The molecule has 2 saturated heterocycles. The third-order valence-electron chi connectivity index (χ3n) is 3.32. The van der Waals surface area contributed by atoms with Crippen LogP contribution in [0.1, 0.15) is 25.7 Å². The molecule has 2 aliphatic rings. The minimum absolute atomic E-state index is 0.253. The average Bonchev–Trinajstić information content (AvgIpc) is 2.66. The average molecular weight is 229 g/mol. The quantitative estimate of drug-likeness (QED) is 0.771. The van der Waals surface area contributed by atoms with Gasteiger partial charge in [-0.25, -0.2) is 0 Å². The van der Waals surface area contributed by atoms with Gasteiger partial charge in [-0.15, -0.1) is 0 Å². The van der Waals surface area contributed by atoms with Gasteiger partial charge in [-0.1, -0.05) is 0 Å². The highest BCUT2D eigenvalue weighted by molar-refractivity contribution is 7.99. The van der Waals surface area contributed by atoms with E-state index < -0.39 is 0 Å². The Balaban J connectivity index is 1.76. The molecule has 15 heavy (non-hydrogen) atoms. The van der Waals surface area contributed by atoms with Gasteiger partial charge in [0.15, 0.2) is 0 Å². The number of β-amino-alcohol motifs (C(OH)–C–C–N with tert-alkyl or cyclic N) is 1. The minimum atomic E-state index is -0.282. The van der Waals surface area contributed by atoms with Crippen LogP contribution in [-0.2, 0) is 4.79 Å². The number of thioether (sulfide) groups is 1. The molecule has 1 N–H and O–H groups in total. The van der Waals surface area contributed by atoms with E-state index in [0.717, 1.165) is 13.0 Å². The Bertz CT molecular complexity index is 229. The predicted molar refractivity (Wildman–Crippen MR) is 61.9 cm³/mol. The van der Waals surface area contributed by atoms with Crippen LogP contribution >= 0.6 is 11.8 Å². The number of hydrogen-bond donors (Lipinski definition) is 1. The largest absolute Gasteiger partial charge is 0.391 e. The molecule has 0 saturated carbocycles. The number of amides is 1. The van der Waals surface area contributed by atoms with Crippen molar-refractivity contribution in [1.29, 1.82) is 0 Å². The molecule has 0 radical (unpaired) electrons. The number of aliphatic hydroxyl groups excluding tert-OH is 1. The van der Waals surface area contributed by atoms with Gasteiger partial charge in [0.25, 0.3) is 0 Å². The molecule has 0 aliphatic carbocycles. The molecule has 2 heterocycles. The maximum Gasteiger partial charge on any atom is 0.222 e. The lowest BCUT2D eigenvalue weighted by atomic mass is 9.98. The Kier molecular flexibility index (Phi) is 3.92. The number of likely N-dealkylation sites (tertiary alicyclic amines) is 1. The number of aliphatic hydroxyl groups is 1. The van der Waals surface area contributed by atoms with Gasteiger partial charge in [0.2, 0.25) is 5.91 Å². The van der Waals surface area contributed by atoms with E-state index >= 15 is 0 Å². The van der Waals surface area contributed by atoms with Crippen molar-refractivity contribution in [2.45, 2.75) is 31.8 Å². The third kappa shape index (κ3) is 3.11. The zero-order valence-electron chi connectivity index (χ0n) is 9.02.